The van der Waals surface area contributed by atoms with E-state index < -0.39 is 0 Å². The highest BCUT2D eigenvalue weighted by atomic mass is 16.2. The summed E-state index contributed by atoms with van der Waals surface area (Å²) in [5, 5.41) is 3.36. The van der Waals surface area contributed by atoms with Gasteiger partial charge in [-0.15, -0.1) is 0 Å². The summed E-state index contributed by atoms with van der Waals surface area (Å²) >= 11 is 0. The number of carbonyl (C=O) groups is 1. The molecule has 1 saturated carbocycles. The van der Waals surface area contributed by atoms with Crippen LogP contribution >= 0.6 is 0 Å². The number of carbonyl (C=O) groups excluding carboxylic acids is 1. The summed E-state index contributed by atoms with van der Waals surface area (Å²) in [7, 11) is 0. The van der Waals surface area contributed by atoms with Crippen molar-refractivity contribution in [1.29, 1.82) is 0 Å². The van der Waals surface area contributed by atoms with E-state index in [1.54, 1.807) is 6.20 Å². The summed E-state index contributed by atoms with van der Waals surface area (Å²) in [6, 6.07) is 14.6. The molecule has 0 unspecified atom stereocenters. The number of rotatable bonds is 6. The van der Waals surface area contributed by atoms with E-state index in [1.165, 1.54) is 18.4 Å². The minimum atomic E-state index is 0.107. The van der Waals surface area contributed by atoms with E-state index in [4.69, 9.17) is 0 Å². The topological polar surface area (TPSA) is 48.5 Å². The number of aromatic nitrogens is 1. The first kappa shape index (κ1) is 17.7. The fourth-order valence-corrected chi connectivity index (χ4v) is 3.30. The maximum absolute atomic E-state index is 12.8. The van der Waals surface area contributed by atoms with Gasteiger partial charge in [0.2, 0.25) is 0 Å². The molecule has 2 aromatic rings. The molecule has 5 nitrogen and oxygen atoms in total. The maximum Gasteiger partial charge on any atom is 0.254 e. The van der Waals surface area contributed by atoms with E-state index in [9.17, 15) is 4.79 Å². The van der Waals surface area contributed by atoms with Crippen molar-refractivity contribution in [1.82, 2.24) is 14.8 Å². The molecule has 1 aliphatic heterocycles. The zero-order valence-electron chi connectivity index (χ0n) is 15.6. The quantitative estimate of drug-likeness (QED) is 0.858. The first-order valence-corrected chi connectivity index (χ1v) is 9.74. The standard InChI is InChI=1S/C22H26N4O/c27-22(19-10-11-23-21(17-19)24-20-8-9-20)26-15-13-25(14-16-26)12-4-7-18-5-2-1-3-6-18/h1-7,10-11,17,20H,8-9,12-16H2,(H,23,24)/b7-4+. The van der Waals surface area contributed by atoms with Crippen molar-refractivity contribution in [2.75, 3.05) is 38.0 Å². The average Bonchev–Trinajstić information content (AvgIpc) is 3.53. The lowest BCUT2D eigenvalue weighted by molar-refractivity contribution is 0.0650. The third-order valence-electron chi connectivity index (χ3n) is 5.07. The third kappa shape index (κ3) is 4.95. The minimum absolute atomic E-state index is 0.107. The normalized spacial score (nSPS) is 18.0. The molecule has 1 amide bonds. The molecule has 0 radical (unpaired) electrons. The first-order chi connectivity index (χ1) is 13.3. The molecular weight excluding hydrogens is 336 g/mol. The number of pyridine rings is 1. The zero-order valence-corrected chi connectivity index (χ0v) is 15.6. The van der Waals surface area contributed by atoms with Crippen LogP contribution in [0.2, 0.25) is 0 Å². The predicted molar refractivity (Wildman–Crippen MR) is 109 cm³/mol. The number of nitrogens with zero attached hydrogens (tertiary/aromatic N) is 3. The number of benzene rings is 1. The fraction of sp³-hybridized carbons (Fsp3) is 0.364. The molecule has 1 N–H and O–H groups in total. The Bertz CT molecular complexity index is 793. The second-order valence-corrected chi connectivity index (χ2v) is 7.25. The van der Waals surface area contributed by atoms with E-state index in [0.29, 0.717) is 6.04 Å². The van der Waals surface area contributed by atoms with Crippen molar-refractivity contribution in [3.05, 3.63) is 65.9 Å². The summed E-state index contributed by atoms with van der Waals surface area (Å²) in [5.41, 5.74) is 1.95. The monoisotopic (exact) mass is 362 g/mol. The van der Waals surface area contributed by atoms with Gasteiger partial charge in [-0.05, 0) is 30.5 Å². The van der Waals surface area contributed by atoms with Gasteiger partial charge in [-0.25, -0.2) is 4.98 Å². The molecule has 140 valence electrons. The molecule has 1 aromatic carbocycles. The second-order valence-electron chi connectivity index (χ2n) is 7.25. The van der Waals surface area contributed by atoms with Crippen molar-refractivity contribution in [2.45, 2.75) is 18.9 Å². The molecule has 0 bridgehead atoms. The van der Waals surface area contributed by atoms with Gasteiger partial charge in [-0.3, -0.25) is 9.69 Å². The van der Waals surface area contributed by atoms with Crippen molar-refractivity contribution >= 4 is 17.8 Å². The van der Waals surface area contributed by atoms with Gasteiger partial charge in [0.05, 0.1) is 0 Å². The number of hydrogen-bond acceptors (Lipinski definition) is 4. The van der Waals surface area contributed by atoms with Crippen LogP contribution < -0.4 is 5.32 Å². The largest absolute Gasteiger partial charge is 0.367 e. The van der Waals surface area contributed by atoms with Crippen LogP contribution in [0.25, 0.3) is 6.08 Å². The Hall–Kier alpha value is -2.66. The third-order valence-corrected chi connectivity index (χ3v) is 5.07. The second kappa shape index (κ2) is 8.35. The van der Waals surface area contributed by atoms with Crippen LogP contribution in [-0.2, 0) is 0 Å². The van der Waals surface area contributed by atoms with E-state index in [2.05, 4.69) is 51.6 Å². The molecule has 2 aliphatic rings. The van der Waals surface area contributed by atoms with Crippen LogP contribution in [0.1, 0.15) is 28.8 Å². The van der Waals surface area contributed by atoms with Crippen LogP contribution in [0.3, 0.4) is 0 Å². The molecule has 5 heteroatoms. The highest BCUT2D eigenvalue weighted by molar-refractivity contribution is 5.94. The molecule has 1 aliphatic carbocycles. The van der Waals surface area contributed by atoms with Gasteiger partial charge in [0, 0.05) is 50.5 Å². The number of anilines is 1. The molecule has 27 heavy (non-hydrogen) atoms. The highest BCUT2D eigenvalue weighted by Crippen LogP contribution is 2.24. The van der Waals surface area contributed by atoms with Crippen molar-refractivity contribution in [2.24, 2.45) is 0 Å². The molecular formula is C22H26N4O. The lowest BCUT2D eigenvalue weighted by atomic mass is 10.2. The Morgan fingerprint density at radius 3 is 2.63 bits per heavy atom. The predicted octanol–water partition coefficient (Wildman–Crippen LogP) is 3.13. The molecule has 1 saturated heterocycles. The van der Waals surface area contributed by atoms with Crippen LogP contribution in [0, 0.1) is 0 Å². The summed E-state index contributed by atoms with van der Waals surface area (Å²) in [6.45, 7) is 4.27. The van der Waals surface area contributed by atoms with Crippen molar-refractivity contribution < 1.29 is 4.79 Å². The lowest BCUT2D eigenvalue weighted by Gasteiger charge is -2.34. The molecule has 2 fully saturated rings. The summed E-state index contributed by atoms with van der Waals surface area (Å²) < 4.78 is 0. The Kier molecular flexibility index (Phi) is 5.49. The average molecular weight is 362 g/mol. The van der Waals surface area contributed by atoms with Gasteiger partial charge >= 0.3 is 0 Å². The van der Waals surface area contributed by atoms with Crippen molar-refractivity contribution in [3.63, 3.8) is 0 Å². The Morgan fingerprint density at radius 2 is 1.89 bits per heavy atom. The molecule has 1 aromatic heterocycles. The Balaban J connectivity index is 1.27. The SMILES string of the molecule is O=C(c1ccnc(NC2CC2)c1)N1CCN(C/C=C/c2ccccc2)CC1. The Morgan fingerprint density at radius 1 is 1.11 bits per heavy atom. The van der Waals surface area contributed by atoms with Crippen LogP contribution in [-0.4, -0.2) is 59.5 Å². The number of nitrogens with one attached hydrogen (secondary N) is 1. The molecule has 4 rings (SSSR count). The summed E-state index contributed by atoms with van der Waals surface area (Å²) in [4.78, 5) is 21.5. The van der Waals surface area contributed by atoms with Crippen LogP contribution in [0.5, 0.6) is 0 Å². The van der Waals surface area contributed by atoms with E-state index >= 15 is 0 Å². The lowest BCUT2D eigenvalue weighted by Crippen LogP contribution is -2.48. The van der Waals surface area contributed by atoms with Crippen molar-refractivity contribution in [3.8, 4) is 0 Å². The van der Waals surface area contributed by atoms with E-state index in [-0.39, 0.29) is 5.91 Å². The molecule has 2 heterocycles. The molecule has 0 spiro atoms. The first-order valence-electron chi connectivity index (χ1n) is 9.74. The van der Waals surface area contributed by atoms with Crippen LogP contribution in [0.15, 0.2) is 54.7 Å². The van der Waals surface area contributed by atoms with Gasteiger partial charge in [-0.2, -0.15) is 0 Å². The summed E-state index contributed by atoms with van der Waals surface area (Å²) in [5.74, 6) is 0.920. The molecule has 0 atom stereocenters. The van der Waals surface area contributed by atoms with E-state index in [1.807, 2.05) is 23.1 Å². The van der Waals surface area contributed by atoms with E-state index in [0.717, 1.165) is 44.1 Å². The van der Waals surface area contributed by atoms with Gasteiger partial charge in [0.15, 0.2) is 0 Å². The van der Waals surface area contributed by atoms with Crippen LogP contribution in [0.4, 0.5) is 5.82 Å². The minimum Gasteiger partial charge on any atom is -0.367 e. The number of piperazine rings is 1. The van der Waals surface area contributed by atoms with Gasteiger partial charge in [-0.1, -0.05) is 42.5 Å². The maximum atomic E-state index is 12.8. The van der Waals surface area contributed by atoms with Gasteiger partial charge in [0.25, 0.3) is 5.91 Å². The number of amides is 1. The zero-order chi connectivity index (χ0) is 18.5. The summed E-state index contributed by atoms with van der Waals surface area (Å²) in [6.07, 6.45) is 8.47. The van der Waals surface area contributed by atoms with Gasteiger partial charge in [0.1, 0.15) is 5.82 Å². The smallest absolute Gasteiger partial charge is 0.254 e. The van der Waals surface area contributed by atoms with Gasteiger partial charge < -0.3 is 10.2 Å². The Labute approximate surface area is 160 Å². The number of hydrogen-bond donors (Lipinski definition) is 1. The fourth-order valence-electron chi connectivity index (χ4n) is 3.30. The highest BCUT2D eigenvalue weighted by Gasteiger charge is 2.24.